The average Bonchev–Trinajstić information content (AvgIpc) is 1.72. The second kappa shape index (κ2) is 46.7. The Bertz CT molecular complexity index is 4840. The van der Waals surface area contributed by atoms with Gasteiger partial charge in [0, 0.05) is 115 Å². The number of rotatable bonds is 26. The summed E-state index contributed by atoms with van der Waals surface area (Å²) in [5.74, 6) is 2.12. The van der Waals surface area contributed by atoms with E-state index in [1.165, 1.54) is 61.7 Å². The third-order valence-corrected chi connectivity index (χ3v) is 23.3. The zero-order valence-corrected chi connectivity index (χ0v) is 69.9. The number of carboxylic acids is 1. The van der Waals surface area contributed by atoms with Gasteiger partial charge in [0.05, 0.1) is 11.8 Å². The number of thioether (sulfide) groups is 1. The number of nitrogens with one attached hydrogen (secondary N) is 1. The van der Waals surface area contributed by atoms with Gasteiger partial charge in [-0.05, 0) is 199 Å². The highest BCUT2D eigenvalue weighted by Crippen LogP contribution is 2.38. The molecule has 3 radical (unpaired) electrons. The Kier molecular flexibility index (Phi) is 34.1. The number of nitrogens with zero attached hydrogens (tertiary/aromatic N) is 6. The summed E-state index contributed by atoms with van der Waals surface area (Å²) in [6, 6.07) is 138. The lowest BCUT2D eigenvalue weighted by Crippen LogP contribution is -2.37. The van der Waals surface area contributed by atoms with Crippen LogP contribution in [-0.2, 0) is 54.9 Å². The van der Waals surface area contributed by atoms with Crippen LogP contribution in [0.25, 0.3) is 0 Å². The number of hydrogen-bond acceptors (Lipinski definition) is 9. The fourth-order valence-corrected chi connectivity index (χ4v) is 17.5. The zero-order chi connectivity index (χ0) is 81.1. The predicted molar refractivity (Wildman–Crippen MR) is 499 cm³/mol. The van der Waals surface area contributed by atoms with Gasteiger partial charge in [-0.2, -0.15) is 11.8 Å². The number of amides is 1. The standard InChI is InChI=1S/C31H30N2O.C31H32N2.C24H26N2.C19H21NO2.C2H6S.B/c34-31(33(28-17-9-3-10-18-28)29-19-11-4-12-20-29)30-24-32(22-26-15-7-2-8-16-26)23-27(30)21-25-13-5-1-6-14-25;1-5-13-26(14-6-1)21-28-23-32(22-27-15-7-2-8-16-27)24-29(28)25-33(30-17-9-3-10-18-30)31-19-11-4-12-20-31;1-4-10-20(11-5-1)16-21-17-25-18-22(21)19-26(23-12-6-2-7-13-23)24-14-8-3-9-15-24;21-19(22)18-14-20(12-16-9-5-2-6-10-16)13-17(18)11-15-7-3-1-4-8-15;1-3-2;/h1-20,27,30H,21-24H2;1-20,28-29H,21-25H2;1-15,21-22,25H,16-19H2;1-10,17-18H,11-14H2,(H,21,22);1-2H3;/t27-,30-;28-,29+;21-,22+;17-,18-;;/m0000../s1. The molecule has 4 heterocycles. The summed E-state index contributed by atoms with van der Waals surface area (Å²) in [6.45, 7) is 12.4. The molecule has 605 valence electrons. The summed E-state index contributed by atoms with van der Waals surface area (Å²) in [4.78, 5) is 40.1. The first-order valence-corrected chi connectivity index (χ1v) is 43.8. The molecule has 17 rings (SSSR count). The van der Waals surface area contributed by atoms with Crippen molar-refractivity contribution in [2.24, 2.45) is 47.3 Å². The van der Waals surface area contributed by atoms with Crippen LogP contribution < -0.4 is 20.0 Å². The Labute approximate surface area is 714 Å². The van der Waals surface area contributed by atoms with E-state index in [0.29, 0.717) is 30.2 Å². The largest absolute Gasteiger partial charge is 0.481 e. The molecule has 4 aliphatic rings. The minimum atomic E-state index is -0.670. The topological polar surface area (TPSA) is 85.8 Å². The first-order chi connectivity index (χ1) is 58.2. The predicted octanol–water partition coefficient (Wildman–Crippen LogP) is 21.7. The molecule has 0 aliphatic carbocycles. The van der Waals surface area contributed by atoms with E-state index in [1.807, 2.05) is 114 Å². The lowest BCUT2D eigenvalue weighted by Gasteiger charge is -2.30. The van der Waals surface area contributed by atoms with Gasteiger partial charge in [0.15, 0.2) is 0 Å². The summed E-state index contributed by atoms with van der Waals surface area (Å²) in [7, 11) is 0. The molecule has 1 amide bonds. The summed E-state index contributed by atoms with van der Waals surface area (Å²) in [5.41, 5.74) is 16.2. The summed E-state index contributed by atoms with van der Waals surface area (Å²) >= 11 is 1.75. The second-order valence-corrected chi connectivity index (χ2v) is 32.7. The normalized spacial score (nSPS) is 18.6. The molecule has 4 fully saturated rings. The van der Waals surface area contributed by atoms with Crippen molar-refractivity contribution in [3.05, 3.63) is 433 Å². The highest BCUT2D eigenvalue weighted by molar-refractivity contribution is 7.97. The van der Waals surface area contributed by atoms with Gasteiger partial charge in [-0.15, -0.1) is 0 Å². The molecule has 13 aromatic rings. The van der Waals surface area contributed by atoms with Crippen LogP contribution in [0.4, 0.5) is 34.1 Å². The van der Waals surface area contributed by atoms with Gasteiger partial charge in [-0.3, -0.25) is 29.2 Å². The van der Waals surface area contributed by atoms with Crippen molar-refractivity contribution in [2.75, 3.05) is 92.7 Å². The van der Waals surface area contributed by atoms with Crippen LogP contribution in [0.2, 0.25) is 0 Å². The molecule has 13 aromatic carbocycles. The smallest absolute Gasteiger partial charge is 0.308 e. The highest BCUT2D eigenvalue weighted by Gasteiger charge is 2.42. The van der Waals surface area contributed by atoms with Crippen LogP contribution in [0.3, 0.4) is 0 Å². The van der Waals surface area contributed by atoms with Crippen molar-refractivity contribution in [1.29, 1.82) is 0 Å². The van der Waals surface area contributed by atoms with E-state index in [9.17, 15) is 14.7 Å². The number of carbonyl (C=O) groups excluding carboxylic acids is 1. The van der Waals surface area contributed by atoms with E-state index in [2.05, 4.69) is 327 Å². The molecule has 0 saturated carbocycles. The Hall–Kier alpha value is -11.3. The maximum atomic E-state index is 14.2. The minimum absolute atomic E-state index is 0. The van der Waals surface area contributed by atoms with E-state index >= 15 is 0 Å². The van der Waals surface area contributed by atoms with Crippen LogP contribution in [-0.4, -0.2) is 118 Å². The molecule has 0 aromatic heterocycles. The molecular weight excluding hydrogens is 1470 g/mol. The summed E-state index contributed by atoms with van der Waals surface area (Å²) < 4.78 is 0. The fraction of sp³-hybridized carbons (Fsp3) is 0.252. The van der Waals surface area contributed by atoms with Crippen LogP contribution in [0.5, 0.6) is 0 Å². The lowest BCUT2D eigenvalue weighted by atomic mass is 9.88. The molecule has 12 heteroatoms. The van der Waals surface area contributed by atoms with Gasteiger partial charge >= 0.3 is 5.97 Å². The molecule has 119 heavy (non-hydrogen) atoms. The average molecular weight is 1590 g/mol. The Morgan fingerprint density at radius 1 is 0.294 bits per heavy atom. The second-order valence-electron chi connectivity index (χ2n) is 31.9. The zero-order valence-electron chi connectivity index (χ0n) is 69.1. The molecule has 2 N–H and O–H groups in total. The van der Waals surface area contributed by atoms with Crippen molar-refractivity contribution < 1.29 is 14.7 Å². The molecular formula is C107H115BN7O3S. The van der Waals surface area contributed by atoms with Gasteiger partial charge in [-0.1, -0.05) is 322 Å². The van der Waals surface area contributed by atoms with E-state index in [4.69, 9.17) is 0 Å². The molecule has 0 bridgehead atoms. The van der Waals surface area contributed by atoms with Crippen LogP contribution in [0, 0.1) is 47.3 Å². The number of carbonyl (C=O) groups is 2. The number of para-hydroxylation sites is 6. The molecule has 10 nitrogen and oxygen atoms in total. The number of anilines is 6. The maximum Gasteiger partial charge on any atom is 0.308 e. The van der Waals surface area contributed by atoms with Crippen molar-refractivity contribution in [3.63, 3.8) is 0 Å². The highest BCUT2D eigenvalue weighted by atomic mass is 32.2. The van der Waals surface area contributed by atoms with Gasteiger partial charge < -0.3 is 20.2 Å². The fourth-order valence-electron chi connectivity index (χ4n) is 17.5. The number of likely N-dealkylation sites (tertiary alicyclic amines) is 3. The number of benzene rings is 13. The lowest BCUT2D eigenvalue weighted by molar-refractivity contribution is -0.142. The summed E-state index contributed by atoms with van der Waals surface area (Å²) in [5, 5.41) is 13.1. The molecule has 8 atom stereocenters. The summed E-state index contributed by atoms with van der Waals surface area (Å²) in [6.07, 6.45) is 8.10. The monoisotopic (exact) mass is 1590 g/mol. The van der Waals surface area contributed by atoms with E-state index < -0.39 is 5.97 Å². The Balaban J connectivity index is 0.000000145. The van der Waals surface area contributed by atoms with Crippen molar-refractivity contribution in [1.82, 2.24) is 20.0 Å². The third-order valence-electron chi connectivity index (χ3n) is 23.3. The number of carboxylic acid groups (broad SMARTS) is 1. The maximum absolute atomic E-state index is 14.2. The van der Waals surface area contributed by atoms with Gasteiger partial charge in [0.2, 0.25) is 5.91 Å². The van der Waals surface area contributed by atoms with Crippen molar-refractivity contribution in [3.8, 4) is 0 Å². The van der Waals surface area contributed by atoms with Crippen molar-refractivity contribution in [2.45, 2.75) is 45.3 Å². The van der Waals surface area contributed by atoms with Crippen LogP contribution in [0.15, 0.2) is 394 Å². The van der Waals surface area contributed by atoms with E-state index in [0.717, 1.165) is 116 Å². The van der Waals surface area contributed by atoms with Crippen molar-refractivity contribution >= 4 is 66.2 Å². The molecule has 4 aliphatic heterocycles. The quantitative estimate of drug-likeness (QED) is 0.0511. The first kappa shape index (κ1) is 87.0. The number of hydrogen-bond donors (Lipinski definition) is 2. The third kappa shape index (κ3) is 26.3. The van der Waals surface area contributed by atoms with E-state index in [-0.39, 0.29) is 38.0 Å². The molecule has 4 saturated heterocycles. The van der Waals surface area contributed by atoms with Crippen LogP contribution >= 0.6 is 11.8 Å². The molecule has 0 spiro atoms. The van der Waals surface area contributed by atoms with Gasteiger partial charge in [0.1, 0.15) is 0 Å². The number of aliphatic carboxylic acids is 1. The van der Waals surface area contributed by atoms with Gasteiger partial charge in [-0.25, -0.2) is 0 Å². The first-order valence-electron chi connectivity index (χ1n) is 42.1. The van der Waals surface area contributed by atoms with Crippen LogP contribution in [0.1, 0.15) is 38.9 Å². The van der Waals surface area contributed by atoms with Gasteiger partial charge in [0.25, 0.3) is 0 Å². The van der Waals surface area contributed by atoms with E-state index in [1.54, 1.807) is 11.8 Å². The Morgan fingerprint density at radius 2 is 0.521 bits per heavy atom. The SMILES string of the molecule is CSC.O=C(O)[C@H]1CN(Cc2ccccc2)C[C@@H]1Cc1ccccc1.O=C([C@H]1CN(Cc2ccccc2)C[C@@H]1Cc1ccccc1)N(c1ccccc1)c1ccccc1.[B].c1ccc(C[C@H]2CN(Cc3ccccc3)C[C@@H]2CN(c2ccccc2)c2ccccc2)cc1.c1ccc(C[C@H]2CNC[C@@H]2CN(c2ccccc2)c2ccccc2)cc1. The Morgan fingerprint density at radius 3 is 0.840 bits per heavy atom. The molecule has 0 unspecified atom stereocenters. The minimum Gasteiger partial charge on any atom is -0.481 e.